The molecule has 0 aliphatic carbocycles. The van der Waals surface area contributed by atoms with E-state index in [1.807, 2.05) is 19.1 Å². The Morgan fingerprint density at radius 3 is 2.85 bits per heavy atom. The molecule has 4 aromatic heterocycles. The molecule has 1 amide bonds. The molecule has 0 radical (unpaired) electrons. The summed E-state index contributed by atoms with van der Waals surface area (Å²) >= 11 is 0. The SMILES string of the molecule is Cc1cccnc1-c1coc(NC(=O)c2nccn2-c2cccnn2)n1. The van der Waals surface area contributed by atoms with Crippen molar-refractivity contribution < 1.29 is 9.21 Å². The highest BCUT2D eigenvalue weighted by Crippen LogP contribution is 2.21. The Hall–Kier alpha value is -3.88. The molecule has 4 aromatic rings. The van der Waals surface area contributed by atoms with E-state index in [4.69, 9.17) is 4.42 Å². The van der Waals surface area contributed by atoms with E-state index < -0.39 is 5.91 Å². The van der Waals surface area contributed by atoms with Crippen LogP contribution < -0.4 is 5.32 Å². The average molecular weight is 347 g/mol. The van der Waals surface area contributed by atoms with Gasteiger partial charge in [-0.15, -0.1) is 5.10 Å². The van der Waals surface area contributed by atoms with Crippen LogP contribution in [-0.2, 0) is 0 Å². The van der Waals surface area contributed by atoms with Gasteiger partial charge in [-0.3, -0.25) is 19.7 Å². The third-order valence-corrected chi connectivity index (χ3v) is 3.63. The summed E-state index contributed by atoms with van der Waals surface area (Å²) in [4.78, 5) is 25.1. The molecule has 128 valence electrons. The van der Waals surface area contributed by atoms with Crippen LogP contribution in [0.4, 0.5) is 6.01 Å². The molecule has 0 aromatic carbocycles. The van der Waals surface area contributed by atoms with Crippen LogP contribution in [-0.4, -0.2) is 35.6 Å². The molecule has 9 heteroatoms. The molecule has 9 nitrogen and oxygen atoms in total. The van der Waals surface area contributed by atoms with Gasteiger partial charge in [0.05, 0.1) is 5.69 Å². The molecular weight excluding hydrogens is 334 g/mol. The second kappa shape index (κ2) is 6.55. The number of nitrogens with zero attached hydrogens (tertiary/aromatic N) is 6. The molecular formula is C17H13N7O2. The van der Waals surface area contributed by atoms with E-state index in [1.54, 1.807) is 30.7 Å². The molecule has 0 atom stereocenters. The van der Waals surface area contributed by atoms with Gasteiger partial charge < -0.3 is 4.42 Å². The number of carbonyl (C=O) groups excluding carboxylic acids is 1. The number of aromatic nitrogens is 6. The minimum Gasteiger partial charge on any atom is -0.431 e. The first-order chi connectivity index (χ1) is 12.7. The first kappa shape index (κ1) is 15.6. The first-order valence-electron chi connectivity index (χ1n) is 7.72. The lowest BCUT2D eigenvalue weighted by molar-refractivity contribution is 0.101. The quantitative estimate of drug-likeness (QED) is 0.602. The van der Waals surface area contributed by atoms with E-state index in [-0.39, 0.29) is 11.8 Å². The van der Waals surface area contributed by atoms with Crippen LogP contribution in [0.1, 0.15) is 16.2 Å². The van der Waals surface area contributed by atoms with E-state index in [2.05, 4.69) is 30.5 Å². The lowest BCUT2D eigenvalue weighted by atomic mass is 10.2. The third-order valence-electron chi connectivity index (χ3n) is 3.63. The van der Waals surface area contributed by atoms with Gasteiger partial charge in [-0.05, 0) is 30.7 Å². The van der Waals surface area contributed by atoms with Crippen LogP contribution in [0.25, 0.3) is 17.2 Å². The van der Waals surface area contributed by atoms with Gasteiger partial charge in [0, 0.05) is 24.8 Å². The predicted molar refractivity (Wildman–Crippen MR) is 91.6 cm³/mol. The summed E-state index contributed by atoms with van der Waals surface area (Å²) in [6.45, 7) is 1.92. The van der Waals surface area contributed by atoms with Crippen LogP contribution in [0.3, 0.4) is 0 Å². The number of nitrogens with one attached hydrogen (secondary N) is 1. The van der Waals surface area contributed by atoms with E-state index in [9.17, 15) is 4.79 Å². The summed E-state index contributed by atoms with van der Waals surface area (Å²) < 4.78 is 6.86. The summed E-state index contributed by atoms with van der Waals surface area (Å²) in [5, 5.41) is 10.4. The fourth-order valence-electron chi connectivity index (χ4n) is 2.42. The van der Waals surface area contributed by atoms with Gasteiger partial charge in [-0.2, -0.15) is 10.1 Å². The van der Waals surface area contributed by atoms with Gasteiger partial charge in [-0.25, -0.2) is 4.98 Å². The van der Waals surface area contributed by atoms with Crippen molar-refractivity contribution in [3.63, 3.8) is 0 Å². The molecule has 0 saturated heterocycles. The van der Waals surface area contributed by atoms with Crippen molar-refractivity contribution in [3.8, 4) is 17.2 Å². The minimum atomic E-state index is -0.480. The van der Waals surface area contributed by atoms with Gasteiger partial charge in [0.15, 0.2) is 5.82 Å². The van der Waals surface area contributed by atoms with Crippen molar-refractivity contribution in [2.45, 2.75) is 6.92 Å². The number of oxazole rings is 1. The van der Waals surface area contributed by atoms with Crippen LogP contribution in [0.15, 0.2) is 59.7 Å². The summed E-state index contributed by atoms with van der Waals surface area (Å²) in [7, 11) is 0. The van der Waals surface area contributed by atoms with Crippen molar-refractivity contribution in [2.75, 3.05) is 5.32 Å². The van der Waals surface area contributed by atoms with Gasteiger partial charge in [0.2, 0.25) is 5.82 Å². The molecule has 0 bridgehead atoms. The van der Waals surface area contributed by atoms with Crippen molar-refractivity contribution in [1.82, 2.24) is 29.7 Å². The summed E-state index contributed by atoms with van der Waals surface area (Å²) in [6, 6.07) is 7.27. The monoisotopic (exact) mass is 347 g/mol. The Morgan fingerprint density at radius 2 is 2.04 bits per heavy atom. The van der Waals surface area contributed by atoms with E-state index in [0.29, 0.717) is 17.2 Å². The maximum Gasteiger partial charge on any atom is 0.302 e. The van der Waals surface area contributed by atoms with Gasteiger partial charge in [0.25, 0.3) is 5.91 Å². The van der Waals surface area contributed by atoms with Crippen LogP contribution in [0, 0.1) is 6.92 Å². The Kier molecular flexibility index (Phi) is 3.94. The number of aryl methyl sites for hydroxylation is 1. The molecule has 4 heterocycles. The Morgan fingerprint density at radius 1 is 1.15 bits per heavy atom. The second-order valence-electron chi connectivity index (χ2n) is 5.36. The normalized spacial score (nSPS) is 10.7. The highest BCUT2D eigenvalue weighted by molar-refractivity contribution is 6.01. The fraction of sp³-hybridized carbons (Fsp3) is 0.0588. The maximum absolute atomic E-state index is 12.5. The van der Waals surface area contributed by atoms with Crippen LogP contribution >= 0.6 is 0 Å². The zero-order chi connectivity index (χ0) is 17.9. The molecule has 0 unspecified atom stereocenters. The highest BCUT2D eigenvalue weighted by atomic mass is 16.4. The molecule has 4 rings (SSSR count). The smallest absolute Gasteiger partial charge is 0.302 e. The Labute approximate surface area is 147 Å². The fourth-order valence-corrected chi connectivity index (χ4v) is 2.42. The number of hydrogen-bond donors (Lipinski definition) is 1. The van der Waals surface area contributed by atoms with Crippen LogP contribution in [0.5, 0.6) is 0 Å². The van der Waals surface area contributed by atoms with Gasteiger partial charge >= 0.3 is 6.01 Å². The largest absolute Gasteiger partial charge is 0.431 e. The third kappa shape index (κ3) is 2.93. The molecule has 26 heavy (non-hydrogen) atoms. The van der Waals surface area contributed by atoms with E-state index in [0.717, 1.165) is 5.56 Å². The second-order valence-corrected chi connectivity index (χ2v) is 5.36. The Bertz CT molecular complexity index is 1060. The lowest BCUT2D eigenvalue weighted by Crippen LogP contribution is -2.18. The maximum atomic E-state index is 12.5. The number of amides is 1. The molecule has 0 fully saturated rings. The lowest BCUT2D eigenvalue weighted by Gasteiger charge is -2.04. The summed E-state index contributed by atoms with van der Waals surface area (Å²) in [5.74, 6) is 0.137. The van der Waals surface area contributed by atoms with Gasteiger partial charge in [-0.1, -0.05) is 6.07 Å². The number of imidazole rings is 1. The number of carbonyl (C=O) groups is 1. The minimum absolute atomic E-state index is 0.0590. The Balaban J connectivity index is 1.57. The number of anilines is 1. The summed E-state index contributed by atoms with van der Waals surface area (Å²) in [6.07, 6.45) is 7.79. The first-order valence-corrected chi connectivity index (χ1v) is 7.72. The molecule has 0 aliphatic heterocycles. The molecule has 0 saturated carbocycles. The van der Waals surface area contributed by atoms with Crippen molar-refractivity contribution >= 4 is 11.9 Å². The van der Waals surface area contributed by atoms with E-state index >= 15 is 0 Å². The molecule has 0 spiro atoms. The van der Waals surface area contributed by atoms with E-state index in [1.165, 1.54) is 17.0 Å². The zero-order valence-electron chi connectivity index (χ0n) is 13.7. The summed E-state index contributed by atoms with van der Waals surface area (Å²) in [5.41, 5.74) is 2.19. The number of pyridine rings is 1. The predicted octanol–water partition coefficient (Wildman–Crippen LogP) is 2.27. The zero-order valence-corrected chi connectivity index (χ0v) is 13.7. The number of hydrogen-bond acceptors (Lipinski definition) is 7. The van der Waals surface area contributed by atoms with Crippen molar-refractivity contribution in [3.05, 3.63) is 66.7 Å². The molecule has 1 N–H and O–H groups in total. The molecule has 0 aliphatic rings. The van der Waals surface area contributed by atoms with Crippen LogP contribution in [0.2, 0.25) is 0 Å². The van der Waals surface area contributed by atoms with Crippen molar-refractivity contribution in [1.29, 1.82) is 0 Å². The topological polar surface area (TPSA) is 112 Å². The van der Waals surface area contributed by atoms with Gasteiger partial charge in [0.1, 0.15) is 12.0 Å². The number of rotatable bonds is 4. The highest BCUT2D eigenvalue weighted by Gasteiger charge is 2.18. The average Bonchev–Trinajstić information content (AvgIpc) is 3.32. The van der Waals surface area contributed by atoms with Crippen molar-refractivity contribution in [2.24, 2.45) is 0 Å². The standard InChI is InChI=1S/C17H13N7O2/c1-11-4-2-6-18-14(11)12-10-26-17(21-12)22-16(25)15-19-8-9-24(15)13-5-3-7-20-23-13/h2-10H,1H3,(H,21,22,25).